The zero-order valence-corrected chi connectivity index (χ0v) is 18.2. The second kappa shape index (κ2) is 7.90. The van der Waals surface area contributed by atoms with Crippen molar-refractivity contribution in [3.05, 3.63) is 51.5 Å². The van der Waals surface area contributed by atoms with Crippen LogP contribution in [0.5, 0.6) is 0 Å². The summed E-state index contributed by atoms with van der Waals surface area (Å²) in [6.45, 7) is 5.87. The minimum Gasteiger partial charge on any atom is -0.328 e. The van der Waals surface area contributed by atoms with Crippen molar-refractivity contribution in [2.45, 2.75) is 71.5 Å². The van der Waals surface area contributed by atoms with Gasteiger partial charge in [0.1, 0.15) is 11.5 Å². The first-order valence-electron chi connectivity index (χ1n) is 11.3. The summed E-state index contributed by atoms with van der Waals surface area (Å²) in [7, 11) is 0. The van der Waals surface area contributed by atoms with Crippen LogP contribution in [0.25, 0.3) is 11.0 Å². The number of aryl methyl sites for hydroxylation is 3. The molecule has 1 aromatic carbocycles. The topological polar surface area (TPSA) is 85.9 Å². The number of likely N-dealkylation sites (tertiary alicyclic amines) is 1. The second-order valence-electron chi connectivity index (χ2n) is 8.54. The molecule has 1 saturated heterocycles. The van der Waals surface area contributed by atoms with E-state index in [0.717, 1.165) is 55.8 Å². The van der Waals surface area contributed by atoms with E-state index in [-0.39, 0.29) is 17.5 Å². The molecule has 5 rings (SSSR count). The molecule has 8 heteroatoms. The number of benzene rings is 1. The lowest BCUT2D eigenvalue weighted by Crippen LogP contribution is -2.32. The highest BCUT2D eigenvalue weighted by atomic mass is 16.2. The van der Waals surface area contributed by atoms with Crippen molar-refractivity contribution in [2.75, 3.05) is 6.54 Å². The zero-order chi connectivity index (χ0) is 21.5. The molecule has 0 bridgehead atoms. The van der Waals surface area contributed by atoms with E-state index in [0.29, 0.717) is 29.9 Å². The average Bonchev–Trinajstić information content (AvgIpc) is 3.34. The number of fused-ring (bicyclic) bond motifs is 2. The highest BCUT2D eigenvalue weighted by molar-refractivity contribution is 5.97. The number of carbonyl (C=O) groups is 1. The van der Waals surface area contributed by atoms with Crippen molar-refractivity contribution in [1.29, 1.82) is 0 Å². The van der Waals surface area contributed by atoms with Gasteiger partial charge in [0, 0.05) is 31.6 Å². The zero-order valence-electron chi connectivity index (χ0n) is 18.2. The van der Waals surface area contributed by atoms with Crippen molar-refractivity contribution in [1.82, 2.24) is 29.2 Å². The van der Waals surface area contributed by atoms with Gasteiger partial charge in [-0.05, 0) is 57.7 Å². The van der Waals surface area contributed by atoms with Crippen LogP contribution in [0.3, 0.4) is 0 Å². The van der Waals surface area contributed by atoms with E-state index in [2.05, 4.69) is 19.7 Å². The van der Waals surface area contributed by atoms with Crippen molar-refractivity contribution in [3.63, 3.8) is 0 Å². The first-order valence-corrected chi connectivity index (χ1v) is 11.3. The number of hydrogen-bond donors (Lipinski definition) is 0. The van der Waals surface area contributed by atoms with E-state index < -0.39 is 0 Å². The Bertz CT molecular complexity index is 1210. The van der Waals surface area contributed by atoms with Crippen LogP contribution in [-0.4, -0.2) is 41.7 Å². The van der Waals surface area contributed by atoms with Gasteiger partial charge in [0.15, 0.2) is 5.82 Å². The van der Waals surface area contributed by atoms with Gasteiger partial charge >= 0.3 is 0 Å². The summed E-state index contributed by atoms with van der Waals surface area (Å²) in [6.07, 6.45) is 6.32. The van der Waals surface area contributed by atoms with Crippen LogP contribution in [0.1, 0.15) is 72.8 Å². The molecule has 1 fully saturated rings. The summed E-state index contributed by atoms with van der Waals surface area (Å²) in [4.78, 5) is 32.3. The maximum atomic E-state index is 13.5. The van der Waals surface area contributed by atoms with Crippen molar-refractivity contribution in [2.24, 2.45) is 0 Å². The van der Waals surface area contributed by atoms with Crippen LogP contribution in [0.4, 0.5) is 0 Å². The second-order valence-corrected chi connectivity index (χ2v) is 8.54. The molecule has 3 aromatic rings. The Balaban J connectivity index is 1.50. The summed E-state index contributed by atoms with van der Waals surface area (Å²) >= 11 is 0. The Morgan fingerprint density at radius 2 is 2.00 bits per heavy atom. The molecular weight excluding hydrogens is 392 g/mol. The Kier molecular flexibility index (Phi) is 5.08. The van der Waals surface area contributed by atoms with Crippen LogP contribution in [0.15, 0.2) is 23.0 Å². The highest BCUT2D eigenvalue weighted by Crippen LogP contribution is 2.33. The van der Waals surface area contributed by atoms with Gasteiger partial charge in [0.25, 0.3) is 11.5 Å². The van der Waals surface area contributed by atoms with Crippen LogP contribution in [0, 0.1) is 6.92 Å². The molecular formula is C23H28N6O2. The predicted molar refractivity (Wildman–Crippen MR) is 117 cm³/mol. The maximum Gasteiger partial charge on any atom is 0.272 e. The largest absolute Gasteiger partial charge is 0.328 e. The maximum absolute atomic E-state index is 13.5. The molecule has 2 aromatic heterocycles. The molecule has 1 unspecified atom stereocenters. The van der Waals surface area contributed by atoms with Gasteiger partial charge < -0.3 is 14.0 Å². The first-order chi connectivity index (χ1) is 15.1. The monoisotopic (exact) mass is 420 g/mol. The SMILES string of the molecule is CCn1c(=O)c(C)nc2cc(C(=O)N3CCCC3c3nnc4n3CCCCC4)ccc21. The minimum atomic E-state index is -0.0822. The van der Waals surface area contributed by atoms with Gasteiger partial charge in [-0.2, -0.15) is 0 Å². The Labute approximate surface area is 180 Å². The predicted octanol–water partition coefficient (Wildman–Crippen LogP) is 3.02. The molecule has 1 amide bonds. The van der Waals surface area contributed by atoms with Crippen molar-refractivity contribution < 1.29 is 4.79 Å². The van der Waals surface area contributed by atoms with E-state index in [1.54, 1.807) is 11.5 Å². The van der Waals surface area contributed by atoms with E-state index in [4.69, 9.17) is 0 Å². The number of amides is 1. The average molecular weight is 421 g/mol. The standard InChI is InChI=1S/C23H28N6O2/c1-3-27-18-11-10-16(14-17(18)24-15(2)22(27)30)23(31)28-13-7-8-19(28)21-26-25-20-9-5-4-6-12-29(20)21/h10-11,14,19H,3-9,12-13H2,1-2H3. The van der Waals surface area contributed by atoms with Gasteiger partial charge in [0.05, 0.1) is 17.1 Å². The molecule has 8 nitrogen and oxygen atoms in total. The van der Waals surface area contributed by atoms with E-state index >= 15 is 0 Å². The van der Waals surface area contributed by atoms with E-state index in [9.17, 15) is 9.59 Å². The molecule has 31 heavy (non-hydrogen) atoms. The van der Waals surface area contributed by atoms with Crippen LogP contribution < -0.4 is 5.56 Å². The van der Waals surface area contributed by atoms with E-state index in [1.807, 2.05) is 30.0 Å². The number of aromatic nitrogens is 5. The lowest BCUT2D eigenvalue weighted by molar-refractivity contribution is 0.0727. The summed E-state index contributed by atoms with van der Waals surface area (Å²) in [5.41, 5.74) is 2.40. The fraction of sp³-hybridized carbons (Fsp3) is 0.522. The molecule has 2 aliphatic rings. The third kappa shape index (κ3) is 3.34. The summed E-state index contributed by atoms with van der Waals surface area (Å²) in [5, 5.41) is 8.95. The fourth-order valence-electron chi connectivity index (χ4n) is 5.02. The lowest BCUT2D eigenvalue weighted by Gasteiger charge is -2.25. The van der Waals surface area contributed by atoms with Gasteiger partial charge in [-0.3, -0.25) is 9.59 Å². The molecule has 1 atom stereocenters. The van der Waals surface area contributed by atoms with Crippen LogP contribution >= 0.6 is 0 Å². The van der Waals surface area contributed by atoms with Gasteiger partial charge in [-0.25, -0.2) is 4.98 Å². The first kappa shape index (κ1) is 19.9. The summed E-state index contributed by atoms with van der Waals surface area (Å²) in [5.74, 6) is 1.97. The molecule has 0 spiro atoms. The number of hydrogen-bond acceptors (Lipinski definition) is 5. The van der Waals surface area contributed by atoms with Crippen LogP contribution in [-0.2, 0) is 19.5 Å². The van der Waals surface area contributed by atoms with Crippen LogP contribution in [0.2, 0.25) is 0 Å². The fourth-order valence-corrected chi connectivity index (χ4v) is 5.02. The molecule has 2 aliphatic heterocycles. The Morgan fingerprint density at radius 3 is 2.84 bits per heavy atom. The van der Waals surface area contributed by atoms with Crippen molar-refractivity contribution in [3.8, 4) is 0 Å². The lowest BCUT2D eigenvalue weighted by atomic mass is 10.1. The third-order valence-corrected chi connectivity index (χ3v) is 6.62. The van der Waals surface area contributed by atoms with E-state index in [1.165, 1.54) is 6.42 Å². The Hall–Kier alpha value is -3.03. The smallest absolute Gasteiger partial charge is 0.272 e. The van der Waals surface area contributed by atoms with Gasteiger partial charge in [-0.1, -0.05) is 6.42 Å². The number of carbonyl (C=O) groups excluding carboxylic acids is 1. The van der Waals surface area contributed by atoms with Crippen molar-refractivity contribution >= 4 is 16.9 Å². The quantitative estimate of drug-likeness (QED) is 0.650. The van der Waals surface area contributed by atoms with Gasteiger partial charge in [-0.15, -0.1) is 10.2 Å². The molecule has 4 heterocycles. The number of nitrogens with zero attached hydrogens (tertiary/aromatic N) is 6. The highest BCUT2D eigenvalue weighted by Gasteiger charge is 2.35. The minimum absolute atomic E-state index is 0.0101. The molecule has 0 radical (unpaired) electrons. The molecule has 162 valence electrons. The summed E-state index contributed by atoms with van der Waals surface area (Å²) < 4.78 is 3.95. The molecule has 0 aliphatic carbocycles. The van der Waals surface area contributed by atoms with Gasteiger partial charge in [0.2, 0.25) is 0 Å². The normalized spacial score (nSPS) is 18.9. The number of rotatable bonds is 3. The molecule has 0 N–H and O–H groups in total. The Morgan fingerprint density at radius 1 is 1.13 bits per heavy atom. The summed E-state index contributed by atoms with van der Waals surface area (Å²) in [6, 6.07) is 5.43. The third-order valence-electron chi connectivity index (χ3n) is 6.62. The molecule has 0 saturated carbocycles.